The summed E-state index contributed by atoms with van der Waals surface area (Å²) in [7, 11) is 0. The van der Waals surface area contributed by atoms with E-state index >= 15 is 0 Å². The van der Waals surface area contributed by atoms with E-state index in [0.29, 0.717) is 0 Å². The molecule has 2 unspecified atom stereocenters. The standard InChI is InChI=1S/C12H17NO2/c1-9-6-4-5-7-12(9,3)13-11(15)8-10(2)14/h4-7,9H,8H2,1-3H3,(H,13,15). The van der Waals surface area contributed by atoms with Gasteiger partial charge in [-0.05, 0) is 13.8 Å². The van der Waals surface area contributed by atoms with E-state index in [1.807, 2.05) is 38.2 Å². The van der Waals surface area contributed by atoms with Crippen molar-refractivity contribution in [1.29, 1.82) is 0 Å². The topological polar surface area (TPSA) is 46.2 Å². The van der Waals surface area contributed by atoms with E-state index in [1.54, 1.807) is 0 Å². The van der Waals surface area contributed by atoms with Gasteiger partial charge in [0.1, 0.15) is 5.78 Å². The maximum atomic E-state index is 11.5. The summed E-state index contributed by atoms with van der Waals surface area (Å²) in [5.74, 6) is -0.0886. The van der Waals surface area contributed by atoms with Crippen molar-refractivity contribution < 1.29 is 9.59 Å². The van der Waals surface area contributed by atoms with Crippen LogP contribution in [0.25, 0.3) is 0 Å². The third-order valence-electron chi connectivity index (χ3n) is 2.72. The molecule has 0 aliphatic heterocycles. The van der Waals surface area contributed by atoms with Crippen molar-refractivity contribution in [3.8, 4) is 0 Å². The zero-order chi connectivity index (χ0) is 11.5. The van der Waals surface area contributed by atoms with Crippen LogP contribution in [-0.2, 0) is 9.59 Å². The summed E-state index contributed by atoms with van der Waals surface area (Å²) < 4.78 is 0. The van der Waals surface area contributed by atoms with E-state index in [0.717, 1.165) is 0 Å². The van der Waals surface area contributed by atoms with Gasteiger partial charge in [-0.15, -0.1) is 0 Å². The summed E-state index contributed by atoms with van der Waals surface area (Å²) in [6.45, 7) is 5.41. The minimum absolute atomic E-state index is 0.0418. The van der Waals surface area contributed by atoms with E-state index in [4.69, 9.17) is 0 Å². The second-order valence-corrected chi connectivity index (χ2v) is 4.24. The summed E-state index contributed by atoms with van der Waals surface area (Å²) in [5.41, 5.74) is -0.374. The molecule has 0 bridgehead atoms. The van der Waals surface area contributed by atoms with Crippen LogP contribution in [0, 0.1) is 5.92 Å². The first kappa shape index (κ1) is 11.7. The van der Waals surface area contributed by atoms with Crippen molar-refractivity contribution in [2.24, 2.45) is 5.92 Å². The minimum atomic E-state index is -0.374. The highest BCUT2D eigenvalue weighted by Gasteiger charge is 2.29. The van der Waals surface area contributed by atoms with Crippen molar-refractivity contribution in [2.75, 3.05) is 0 Å². The average Bonchev–Trinajstić information content (AvgIpc) is 2.08. The number of Topliss-reactive ketones (excluding diaryl/α,β-unsaturated/α-hetero) is 1. The molecule has 3 heteroatoms. The molecule has 3 nitrogen and oxygen atoms in total. The van der Waals surface area contributed by atoms with Gasteiger partial charge in [-0.25, -0.2) is 0 Å². The van der Waals surface area contributed by atoms with Crippen LogP contribution in [0.1, 0.15) is 27.2 Å². The molecule has 0 saturated carbocycles. The highest BCUT2D eigenvalue weighted by Crippen LogP contribution is 2.23. The Morgan fingerprint density at radius 2 is 2.07 bits per heavy atom. The van der Waals surface area contributed by atoms with Crippen LogP contribution in [0.4, 0.5) is 0 Å². The second-order valence-electron chi connectivity index (χ2n) is 4.24. The first-order valence-corrected chi connectivity index (χ1v) is 5.10. The smallest absolute Gasteiger partial charge is 0.228 e. The fourth-order valence-electron chi connectivity index (χ4n) is 1.56. The molecule has 1 N–H and O–H groups in total. The van der Waals surface area contributed by atoms with Crippen molar-refractivity contribution in [2.45, 2.75) is 32.7 Å². The highest BCUT2D eigenvalue weighted by molar-refractivity contribution is 5.97. The van der Waals surface area contributed by atoms with E-state index < -0.39 is 0 Å². The maximum Gasteiger partial charge on any atom is 0.228 e. The van der Waals surface area contributed by atoms with Crippen LogP contribution >= 0.6 is 0 Å². The molecule has 0 aromatic heterocycles. The number of carbonyl (C=O) groups excluding carboxylic acids is 2. The van der Waals surface area contributed by atoms with Crippen LogP contribution in [0.15, 0.2) is 24.3 Å². The van der Waals surface area contributed by atoms with Gasteiger partial charge < -0.3 is 5.32 Å². The fraction of sp³-hybridized carbons (Fsp3) is 0.500. The lowest BCUT2D eigenvalue weighted by Crippen LogP contribution is -2.49. The van der Waals surface area contributed by atoms with E-state index in [-0.39, 0.29) is 29.6 Å². The Balaban J connectivity index is 2.64. The summed E-state index contributed by atoms with van der Waals surface area (Å²) in [6.07, 6.45) is 7.82. The molecule has 0 aromatic carbocycles. The summed E-state index contributed by atoms with van der Waals surface area (Å²) in [6, 6.07) is 0. The summed E-state index contributed by atoms with van der Waals surface area (Å²) >= 11 is 0. The molecule has 0 fully saturated rings. The number of nitrogens with one attached hydrogen (secondary N) is 1. The number of amides is 1. The molecule has 1 aliphatic rings. The molecule has 15 heavy (non-hydrogen) atoms. The monoisotopic (exact) mass is 207 g/mol. The van der Waals surface area contributed by atoms with Gasteiger partial charge in [-0.2, -0.15) is 0 Å². The summed E-state index contributed by atoms with van der Waals surface area (Å²) in [5, 5.41) is 2.88. The molecular formula is C12H17NO2. The molecule has 2 atom stereocenters. The van der Waals surface area contributed by atoms with Gasteiger partial charge in [-0.3, -0.25) is 9.59 Å². The fourth-order valence-corrected chi connectivity index (χ4v) is 1.56. The highest BCUT2D eigenvalue weighted by atomic mass is 16.2. The molecular weight excluding hydrogens is 190 g/mol. The van der Waals surface area contributed by atoms with Crippen LogP contribution in [0.2, 0.25) is 0 Å². The summed E-state index contributed by atoms with van der Waals surface area (Å²) in [4.78, 5) is 22.3. The number of hydrogen-bond donors (Lipinski definition) is 1. The average molecular weight is 207 g/mol. The van der Waals surface area contributed by atoms with Gasteiger partial charge in [0.25, 0.3) is 0 Å². The number of carbonyl (C=O) groups is 2. The van der Waals surface area contributed by atoms with Gasteiger partial charge in [0.05, 0.1) is 12.0 Å². The van der Waals surface area contributed by atoms with Crippen LogP contribution < -0.4 is 5.32 Å². The van der Waals surface area contributed by atoms with Crippen LogP contribution in [0.5, 0.6) is 0 Å². The van der Waals surface area contributed by atoms with Gasteiger partial charge in [0.2, 0.25) is 5.91 Å². The van der Waals surface area contributed by atoms with Gasteiger partial charge in [0, 0.05) is 5.92 Å². The normalized spacial score (nSPS) is 28.9. The molecule has 1 rings (SSSR count). The van der Waals surface area contributed by atoms with Crippen molar-refractivity contribution >= 4 is 11.7 Å². The Kier molecular flexibility index (Phi) is 3.45. The lowest BCUT2D eigenvalue weighted by Gasteiger charge is -2.33. The molecule has 1 aliphatic carbocycles. The minimum Gasteiger partial charge on any atom is -0.346 e. The molecule has 0 spiro atoms. The lowest BCUT2D eigenvalue weighted by atomic mass is 9.83. The van der Waals surface area contributed by atoms with Crippen molar-refractivity contribution in [1.82, 2.24) is 5.32 Å². The van der Waals surface area contributed by atoms with E-state index in [9.17, 15) is 9.59 Å². The quantitative estimate of drug-likeness (QED) is 0.714. The van der Waals surface area contributed by atoms with Gasteiger partial charge in [0.15, 0.2) is 0 Å². The Labute approximate surface area is 90.2 Å². The lowest BCUT2D eigenvalue weighted by molar-refractivity contribution is -0.128. The predicted molar refractivity (Wildman–Crippen MR) is 59.3 cm³/mol. The van der Waals surface area contributed by atoms with Crippen LogP contribution in [-0.4, -0.2) is 17.2 Å². The third-order valence-corrected chi connectivity index (χ3v) is 2.72. The molecule has 0 heterocycles. The zero-order valence-electron chi connectivity index (χ0n) is 9.41. The van der Waals surface area contributed by atoms with Gasteiger partial charge >= 0.3 is 0 Å². The number of rotatable bonds is 3. The Hall–Kier alpha value is -1.38. The molecule has 1 amide bonds. The predicted octanol–water partition coefficient (Wildman–Crippen LogP) is 1.60. The Bertz CT molecular complexity index is 331. The van der Waals surface area contributed by atoms with Crippen LogP contribution in [0.3, 0.4) is 0 Å². The Morgan fingerprint density at radius 3 is 2.60 bits per heavy atom. The Morgan fingerprint density at radius 1 is 1.40 bits per heavy atom. The van der Waals surface area contributed by atoms with Crippen molar-refractivity contribution in [3.63, 3.8) is 0 Å². The largest absolute Gasteiger partial charge is 0.346 e. The van der Waals surface area contributed by atoms with E-state index in [1.165, 1.54) is 6.92 Å². The first-order valence-electron chi connectivity index (χ1n) is 5.10. The van der Waals surface area contributed by atoms with Crippen molar-refractivity contribution in [3.05, 3.63) is 24.3 Å². The second kappa shape index (κ2) is 4.43. The number of hydrogen-bond acceptors (Lipinski definition) is 2. The van der Waals surface area contributed by atoms with Gasteiger partial charge in [-0.1, -0.05) is 31.2 Å². The molecule has 0 saturated heterocycles. The number of allylic oxidation sites excluding steroid dienone is 2. The van der Waals surface area contributed by atoms with E-state index in [2.05, 4.69) is 5.32 Å². The third kappa shape index (κ3) is 3.05. The molecule has 82 valence electrons. The maximum absolute atomic E-state index is 11.5. The molecule has 0 aromatic rings. The number of ketones is 1. The molecule has 0 radical (unpaired) electrons. The SMILES string of the molecule is CC(=O)CC(=O)NC1(C)C=CC=CC1C. The zero-order valence-corrected chi connectivity index (χ0v) is 9.41. The first-order chi connectivity index (χ1) is 6.94.